The summed E-state index contributed by atoms with van der Waals surface area (Å²) in [5, 5.41) is 1.14. The Labute approximate surface area is 115 Å². The zero-order chi connectivity index (χ0) is 14.6. The molecule has 0 unspecified atom stereocenters. The van der Waals surface area contributed by atoms with Gasteiger partial charge in [0, 0.05) is 13.5 Å². The molecule has 1 aromatic carbocycles. The van der Waals surface area contributed by atoms with Gasteiger partial charge >= 0.3 is 0 Å². The number of hydrogen-bond donors (Lipinski definition) is 1. The van der Waals surface area contributed by atoms with E-state index in [0.29, 0.717) is 18.8 Å². The summed E-state index contributed by atoms with van der Waals surface area (Å²) in [6.07, 6.45) is 1.13. The number of hydrazine groups is 1. The van der Waals surface area contributed by atoms with Crippen LogP contribution in [-0.2, 0) is 11.2 Å². The fraction of sp³-hybridized carbons (Fsp3) is 0.533. The number of methoxy groups -OCH3 is 1. The van der Waals surface area contributed by atoms with Crippen LogP contribution in [0.1, 0.15) is 42.9 Å². The van der Waals surface area contributed by atoms with Gasteiger partial charge in [-0.25, -0.2) is 5.84 Å². The van der Waals surface area contributed by atoms with Gasteiger partial charge in [0.15, 0.2) is 0 Å². The Bertz CT molecular complexity index is 454. The van der Waals surface area contributed by atoms with Crippen LogP contribution in [0.25, 0.3) is 0 Å². The van der Waals surface area contributed by atoms with Gasteiger partial charge in [0.1, 0.15) is 5.75 Å². The second kappa shape index (κ2) is 6.57. The molecule has 2 N–H and O–H groups in total. The maximum absolute atomic E-state index is 11.5. The molecule has 0 radical (unpaired) electrons. The van der Waals surface area contributed by atoms with Crippen molar-refractivity contribution in [3.63, 3.8) is 0 Å². The Morgan fingerprint density at radius 1 is 1.42 bits per heavy atom. The van der Waals surface area contributed by atoms with Crippen molar-refractivity contribution in [2.75, 3.05) is 14.2 Å². The summed E-state index contributed by atoms with van der Waals surface area (Å²) in [7, 11) is 3.26. The lowest BCUT2D eigenvalue weighted by Crippen LogP contribution is -2.33. The summed E-state index contributed by atoms with van der Waals surface area (Å²) in [5.74, 6) is 6.68. The van der Waals surface area contributed by atoms with Crippen LogP contribution in [-0.4, -0.2) is 25.1 Å². The van der Waals surface area contributed by atoms with Crippen LogP contribution >= 0.6 is 0 Å². The van der Waals surface area contributed by atoms with Crippen LogP contribution in [0, 0.1) is 6.92 Å². The van der Waals surface area contributed by atoms with E-state index in [2.05, 4.69) is 19.9 Å². The van der Waals surface area contributed by atoms with E-state index in [9.17, 15) is 4.79 Å². The van der Waals surface area contributed by atoms with Crippen LogP contribution in [0.3, 0.4) is 0 Å². The fourth-order valence-electron chi connectivity index (χ4n) is 2.06. The number of rotatable bonds is 5. The first kappa shape index (κ1) is 15.5. The van der Waals surface area contributed by atoms with Gasteiger partial charge in [-0.3, -0.25) is 9.80 Å². The zero-order valence-corrected chi connectivity index (χ0v) is 12.5. The molecule has 1 amide bonds. The van der Waals surface area contributed by atoms with Crippen molar-refractivity contribution in [1.29, 1.82) is 0 Å². The van der Waals surface area contributed by atoms with Gasteiger partial charge in [-0.05, 0) is 42.0 Å². The highest BCUT2D eigenvalue weighted by molar-refractivity contribution is 5.75. The molecule has 4 nitrogen and oxygen atoms in total. The Hall–Kier alpha value is -1.55. The molecule has 4 heteroatoms. The predicted octanol–water partition coefficient (Wildman–Crippen LogP) is 2.39. The van der Waals surface area contributed by atoms with Crippen LogP contribution in [0.15, 0.2) is 12.1 Å². The first-order valence-electron chi connectivity index (χ1n) is 6.55. The molecule has 0 spiro atoms. The smallest absolute Gasteiger partial charge is 0.236 e. The van der Waals surface area contributed by atoms with E-state index in [4.69, 9.17) is 10.6 Å². The molecule has 106 valence electrons. The summed E-state index contributed by atoms with van der Waals surface area (Å²) >= 11 is 0. The number of benzene rings is 1. The number of amides is 1. The maximum atomic E-state index is 11.5. The monoisotopic (exact) mass is 264 g/mol. The Morgan fingerprint density at radius 2 is 2.05 bits per heavy atom. The average molecular weight is 264 g/mol. The highest BCUT2D eigenvalue weighted by Gasteiger charge is 2.12. The molecular weight excluding hydrogens is 240 g/mol. The molecule has 0 aliphatic rings. The molecule has 0 saturated heterocycles. The molecule has 0 heterocycles. The largest absolute Gasteiger partial charge is 0.496 e. The molecule has 1 rings (SSSR count). The highest BCUT2D eigenvalue weighted by atomic mass is 16.5. The molecule has 0 atom stereocenters. The standard InChI is InChI=1S/C15H24N2O2/c1-10(2)13-9-12(6-7-15(18)17(4)16)11(3)8-14(13)19-5/h8-10H,6-7,16H2,1-5H3. The van der Waals surface area contributed by atoms with Gasteiger partial charge < -0.3 is 4.74 Å². The first-order valence-corrected chi connectivity index (χ1v) is 6.55. The average Bonchev–Trinajstić information content (AvgIpc) is 2.35. The number of carbonyl (C=O) groups is 1. The van der Waals surface area contributed by atoms with Crippen molar-refractivity contribution in [3.05, 3.63) is 28.8 Å². The van der Waals surface area contributed by atoms with E-state index < -0.39 is 0 Å². The van der Waals surface area contributed by atoms with Gasteiger partial charge in [0.2, 0.25) is 5.91 Å². The molecule has 0 fully saturated rings. The van der Waals surface area contributed by atoms with E-state index in [-0.39, 0.29) is 5.91 Å². The second-order valence-electron chi connectivity index (χ2n) is 5.18. The van der Waals surface area contributed by atoms with Gasteiger partial charge in [0.05, 0.1) is 7.11 Å². The van der Waals surface area contributed by atoms with Crippen molar-refractivity contribution in [2.45, 2.75) is 39.5 Å². The van der Waals surface area contributed by atoms with Crippen LogP contribution in [0.2, 0.25) is 0 Å². The number of carbonyl (C=O) groups excluding carboxylic acids is 1. The third-order valence-corrected chi connectivity index (χ3v) is 3.31. The molecule has 0 aliphatic heterocycles. The molecule has 0 aliphatic carbocycles. The van der Waals surface area contributed by atoms with E-state index in [1.54, 1.807) is 14.2 Å². The molecule has 19 heavy (non-hydrogen) atoms. The summed E-state index contributed by atoms with van der Waals surface area (Å²) in [6.45, 7) is 6.31. The number of aryl methyl sites for hydroxylation is 2. The SMILES string of the molecule is COc1cc(C)c(CCC(=O)N(C)N)cc1C(C)C. The third kappa shape index (κ3) is 3.96. The third-order valence-electron chi connectivity index (χ3n) is 3.31. The quantitative estimate of drug-likeness (QED) is 0.505. The summed E-state index contributed by atoms with van der Waals surface area (Å²) in [5.41, 5.74) is 3.50. The minimum atomic E-state index is -0.0543. The molecule has 1 aromatic rings. The first-order chi connectivity index (χ1) is 8.86. The van der Waals surface area contributed by atoms with Crippen LogP contribution < -0.4 is 10.6 Å². The number of ether oxygens (including phenoxy) is 1. The minimum Gasteiger partial charge on any atom is -0.496 e. The van der Waals surface area contributed by atoms with Gasteiger partial charge in [0.25, 0.3) is 0 Å². The maximum Gasteiger partial charge on any atom is 0.236 e. The Morgan fingerprint density at radius 3 is 2.53 bits per heavy atom. The fourth-order valence-corrected chi connectivity index (χ4v) is 2.06. The number of hydrogen-bond acceptors (Lipinski definition) is 3. The predicted molar refractivity (Wildman–Crippen MR) is 77.1 cm³/mol. The van der Waals surface area contributed by atoms with E-state index in [0.717, 1.165) is 16.3 Å². The Kier molecular flexibility index (Phi) is 5.36. The second-order valence-corrected chi connectivity index (χ2v) is 5.18. The lowest BCUT2D eigenvalue weighted by atomic mass is 9.94. The minimum absolute atomic E-state index is 0.0543. The van der Waals surface area contributed by atoms with Crippen molar-refractivity contribution in [1.82, 2.24) is 5.01 Å². The normalized spacial score (nSPS) is 10.7. The summed E-state index contributed by atoms with van der Waals surface area (Å²) < 4.78 is 5.41. The van der Waals surface area contributed by atoms with E-state index in [1.165, 1.54) is 11.1 Å². The van der Waals surface area contributed by atoms with Crippen molar-refractivity contribution in [2.24, 2.45) is 5.84 Å². The molecule has 0 bridgehead atoms. The van der Waals surface area contributed by atoms with Gasteiger partial charge in [-0.2, -0.15) is 0 Å². The molecule has 0 aromatic heterocycles. The van der Waals surface area contributed by atoms with E-state index in [1.807, 2.05) is 13.0 Å². The number of nitrogens with zero attached hydrogens (tertiary/aromatic N) is 1. The van der Waals surface area contributed by atoms with Gasteiger partial charge in [-0.1, -0.05) is 19.9 Å². The topological polar surface area (TPSA) is 55.6 Å². The highest BCUT2D eigenvalue weighted by Crippen LogP contribution is 2.30. The van der Waals surface area contributed by atoms with E-state index >= 15 is 0 Å². The van der Waals surface area contributed by atoms with Crippen molar-refractivity contribution in [3.8, 4) is 5.75 Å². The Balaban J connectivity index is 2.95. The molecular formula is C15H24N2O2. The van der Waals surface area contributed by atoms with Crippen LogP contribution in [0.5, 0.6) is 5.75 Å². The lowest BCUT2D eigenvalue weighted by molar-refractivity contribution is -0.130. The number of nitrogens with two attached hydrogens (primary N) is 1. The van der Waals surface area contributed by atoms with Crippen LogP contribution in [0.4, 0.5) is 0 Å². The van der Waals surface area contributed by atoms with Gasteiger partial charge in [-0.15, -0.1) is 0 Å². The summed E-state index contributed by atoms with van der Waals surface area (Å²) in [4.78, 5) is 11.5. The van der Waals surface area contributed by atoms with Crippen molar-refractivity contribution < 1.29 is 9.53 Å². The van der Waals surface area contributed by atoms with Crippen molar-refractivity contribution >= 4 is 5.91 Å². The zero-order valence-electron chi connectivity index (χ0n) is 12.5. The summed E-state index contributed by atoms with van der Waals surface area (Å²) in [6, 6.07) is 4.18. The lowest BCUT2D eigenvalue weighted by Gasteiger charge is -2.16. The molecule has 0 saturated carbocycles.